The predicted octanol–water partition coefficient (Wildman–Crippen LogP) is 6.27. The van der Waals surface area contributed by atoms with E-state index in [1.165, 1.54) is 116 Å². The molecular formula is C29H48N2O. The van der Waals surface area contributed by atoms with Crippen LogP contribution in [0.25, 0.3) is 0 Å². The number of nitrogens with zero attached hydrogens (tertiary/aromatic N) is 2. The van der Waals surface area contributed by atoms with Crippen LogP contribution in [0.1, 0.15) is 110 Å². The maximum Gasteiger partial charge on any atom is 0.139 e. The van der Waals surface area contributed by atoms with Crippen LogP contribution in [0, 0.1) is 34.5 Å². The van der Waals surface area contributed by atoms with Gasteiger partial charge in [-0.25, -0.2) is 0 Å². The normalized spacial score (nSPS) is 47.5. The number of hydrogen-bond donors (Lipinski definition) is 0. The highest BCUT2D eigenvalue weighted by Gasteiger charge is 2.68. The van der Waals surface area contributed by atoms with Gasteiger partial charge in [0.25, 0.3) is 0 Å². The molecule has 0 unspecified atom stereocenters. The van der Waals surface area contributed by atoms with Gasteiger partial charge in [-0.05, 0) is 127 Å². The molecule has 0 aromatic carbocycles. The second-order valence-electron chi connectivity index (χ2n) is 13.2. The lowest BCUT2D eigenvalue weighted by Gasteiger charge is -2.71. The van der Waals surface area contributed by atoms with E-state index in [2.05, 4.69) is 23.6 Å². The summed E-state index contributed by atoms with van der Waals surface area (Å²) in [5, 5.41) is 0. The number of fused-ring (bicyclic) bond motifs is 5. The summed E-state index contributed by atoms with van der Waals surface area (Å²) in [6, 6.07) is 0. The molecule has 2 saturated heterocycles. The first-order chi connectivity index (χ1) is 15.5. The Bertz CT molecular complexity index is 705. The second-order valence-corrected chi connectivity index (χ2v) is 13.2. The van der Waals surface area contributed by atoms with Gasteiger partial charge in [-0.3, -0.25) is 14.6 Å². The molecule has 0 aromatic heterocycles. The smallest absolute Gasteiger partial charge is 0.139 e. The molecule has 2 aliphatic heterocycles. The van der Waals surface area contributed by atoms with Crippen molar-refractivity contribution in [2.75, 3.05) is 26.2 Å². The molecule has 0 spiro atoms. The van der Waals surface area contributed by atoms with Crippen LogP contribution in [-0.4, -0.2) is 47.4 Å². The minimum absolute atomic E-state index is 0.0118. The first-order valence-electron chi connectivity index (χ1n) is 14.6. The van der Waals surface area contributed by atoms with Crippen molar-refractivity contribution in [2.24, 2.45) is 34.5 Å². The first kappa shape index (κ1) is 22.1. The highest BCUT2D eigenvalue weighted by Crippen LogP contribution is 2.69. The number of piperidine rings is 2. The number of Topliss-reactive ketones (excluding diaryl/α,β-unsaturated/α-hetero) is 1. The molecule has 6 aliphatic rings. The van der Waals surface area contributed by atoms with Crippen molar-refractivity contribution in [3.05, 3.63) is 0 Å². The van der Waals surface area contributed by atoms with Crippen molar-refractivity contribution in [1.29, 1.82) is 0 Å². The average molecular weight is 441 g/mol. The summed E-state index contributed by atoms with van der Waals surface area (Å²) >= 11 is 0. The zero-order valence-corrected chi connectivity index (χ0v) is 21.0. The number of likely N-dealkylation sites (tertiary alicyclic amines) is 2. The summed E-state index contributed by atoms with van der Waals surface area (Å²) in [5.41, 5.74) is 0.699. The van der Waals surface area contributed by atoms with Crippen LogP contribution in [0.3, 0.4) is 0 Å². The Hall–Kier alpha value is -0.410. The van der Waals surface area contributed by atoms with Crippen LogP contribution >= 0.6 is 0 Å². The summed E-state index contributed by atoms with van der Waals surface area (Å²) in [5.74, 6) is 3.80. The fraction of sp³-hybridized carbons (Fsp3) is 0.966. The molecule has 6 fully saturated rings. The van der Waals surface area contributed by atoms with Crippen molar-refractivity contribution in [3.63, 3.8) is 0 Å². The number of carbonyl (C=O) groups excluding carboxylic acids is 1. The Balaban J connectivity index is 1.44. The molecular weight excluding hydrogens is 392 g/mol. The Morgan fingerprint density at radius 1 is 0.688 bits per heavy atom. The minimum atomic E-state index is 0.0118. The summed E-state index contributed by atoms with van der Waals surface area (Å²) in [4.78, 5) is 19.1. The molecule has 2 heterocycles. The van der Waals surface area contributed by atoms with E-state index < -0.39 is 0 Å². The van der Waals surface area contributed by atoms with Gasteiger partial charge in [0.15, 0.2) is 0 Å². The molecule has 0 radical (unpaired) electrons. The average Bonchev–Trinajstić information content (AvgIpc) is 3.14. The number of ketones is 1. The Labute approximate surface area is 197 Å². The van der Waals surface area contributed by atoms with E-state index in [0.29, 0.717) is 17.1 Å². The van der Waals surface area contributed by atoms with Crippen molar-refractivity contribution < 1.29 is 4.79 Å². The molecule has 4 saturated carbocycles. The van der Waals surface area contributed by atoms with Crippen molar-refractivity contribution in [1.82, 2.24) is 9.80 Å². The summed E-state index contributed by atoms with van der Waals surface area (Å²) in [7, 11) is 0. The number of carbonyl (C=O) groups is 1. The van der Waals surface area contributed by atoms with Gasteiger partial charge in [0.05, 0.1) is 5.66 Å². The number of hydrogen-bond acceptors (Lipinski definition) is 3. The molecule has 0 N–H and O–H groups in total. The zero-order chi connectivity index (χ0) is 22.0. The summed E-state index contributed by atoms with van der Waals surface area (Å²) in [6.07, 6.45) is 20.2. The van der Waals surface area contributed by atoms with E-state index >= 15 is 0 Å². The Morgan fingerprint density at radius 3 is 2.00 bits per heavy atom. The second kappa shape index (κ2) is 8.08. The molecule has 3 nitrogen and oxygen atoms in total. The monoisotopic (exact) mass is 440 g/mol. The largest absolute Gasteiger partial charge is 0.299 e. The highest BCUT2D eigenvalue weighted by atomic mass is 16.1. The van der Waals surface area contributed by atoms with Gasteiger partial charge in [0.1, 0.15) is 5.78 Å². The van der Waals surface area contributed by atoms with Crippen LogP contribution < -0.4 is 0 Å². The van der Waals surface area contributed by atoms with Gasteiger partial charge in [-0.1, -0.05) is 26.7 Å². The molecule has 180 valence electrons. The zero-order valence-electron chi connectivity index (χ0n) is 21.0. The molecule has 0 amide bonds. The fourth-order valence-electron chi connectivity index (χ4n) is 10.9. The predicted molar refractivity (Wildman–Crippen MR) is 130 cm³/mol. The molecule has 32 heavy (non-hydrogen) atoms. The van der Waals surface area contributed by atoms with Crippen LogP contribution in [0.4, 0.5) is 0 Å². The highest BCUT2D eigenvalue weighted by molar-refractivity contribution is 5.87. The van der Waals surface area contributed by atoms with E-state index in [-0.39, 0.29) is 11.1 Å². The van der Waals surface area contributed by atoms with Crippen LogP contribution in [-0.2, 0) is 4.79 Å². The fourth-order valence-corrected chi connectivity index (χ4v) is 10.9. The lowest BCUT2D eigenvalue weighted by molar-refractivity contribution is -0.250. The lowest BCUT2D eigenvalue weighted by atomic mass is 9.42. The van der Waals surface area contributed by atoms with Crippen molar-refractivity contribution >= 4 is 5.78 Å². The lowest BCUT2D eigenvalue weighted by Crippen LogP contribution is -2.76. The maximum absolute atomic E-state index is 13.0. The number of rotatable bonds is 2. The third-order valence-corrected chi connectivity index (χ3v) is 12.3. The molecule has 3 heteroatoms. The first-order valence-corrected chi connectivity index (χ1v) is 14.6. The van der Waals surface area contributed by atoms with Crippen LogP contribution in [0.2, 0.25) is 0 Å². The summed E-state index contributed by atoms with van der Waals surface area (Å²) in [6.45, 7) is 10.5. The van der Waals surface area contributed by atoms with E-state index in [0.717, 1.165) is 24.2 Å². The third-order valence-electron chi connectivity index (χ3n) is 12.3. The van der Waals surface area contributed by atoms with Crippen molar-refractivity contribution in [2.45, 2.75) is 116 Å². The topological polar surface area (TPSA) is 23.6 Å². The van der Waals surface area contributed by atoms with Gasteiger partial charge < -0.3 is 0 Å². The van der Waals surface area contributed by atoms with E-state index in [1.54, 1.807) is 0 Å². The Morgan fingerprint density at radius 2 is 1.34 bits per heavy atom. The Kier molecular flexibility index (Phi) is 5.57. The molecule has 6 atom stereocenters. The van der Waals surface area contributed by atoms with E-state index in [1.807, 2.05) is 0 Å². The van der Waals surface area contributed by atoms with Gasteiger partial charge in [-0.2, -0.15) is 0 Å². The SMILES string of the molecule is C[C@@]12[C@H](CCCC1(N1CCCCC1)N1CCCCC1)CC[C@@H]1[C@@H]2CC[C@]2(C)C(=O)CC[C@@H]12. The van der Waals surface area contributed by atoms with Crippen LogP contribution in [0.15, 0.2) is 0 Å². The van der Waals surface area contributed by atoms with E-state index in [9.17, 15) is 4.79 Å². The van der Waals surface area contributed by atoms with Gasteiger partial charge >= 0.3 is 0 Å². The molecule has 0 aromatic rings. The molecule has 4 aliphatic carbocycles. The molecule has 0 bridgehead atoms. The third kappa shape index (κ3) is 2.88. The van der Waals surface area contributed by atoms with Gasteiger partial charge in [-0.15, -0.1) is 0 Å². The maximum atomic E-state index is 13.0. The summed E-state index contributed by atoms with van der Waals surface area (Å²) < 4.78 is 0. The minimum Gasteiger partial charge on any atom is -0.299 e. The van der Waals surface area contributed by atoms with Crippen LogP contribution in [0.5, 0.6) is 0 Å². The van der Waals surface area contributed by atoms with E-state index in [4.69, 9.17) is 0 Å². The standard InChI is InChI=1S/C29H48N2O/c1-27-17-15-25-23(24(27)13-14-26(27)32)12-11-22-10-9-16-29(28(22,25)2,30-18-5-3-6-19-30)31-20-7-4-8-21-31/h22-25H,3-21H2,1-2H3/t22-,23+,24+,25+,27+,28+/m1/s1. The van der Waals surface area contributed by atoms with Gasteiger partial charge in [0, 0.05) is 17.3 Å². The molecule has 6 rings (SSSR count). The van der Waals surface area contributed by atoms with Gasteiger partial charge in [0.2, 0.25) is 0 Å². The quantitative estimate of drug-likeness (QED) is 0.506. The van der Waals surface area contributed by atoms with Crippen molar-refractivity contribution in [3.8, 4) is 0 Å².